The van der Waals surface area contributed by atoms with Gasteiger partial charge in [0.2, 0.25) is 0 Å². The number of ether oxygens (including phenoxy) is 1. The predicted molar refractivity (Wildman–Crippen MR) is 75.9 cm³/mol. The van der Waals surface area contributed by atoms with Gasteiger partial charge in [0.05, 0.1) is 16.0 Å². The number of hydrogen-bond acceptors (Lipinski definition) is 4. The van der Waals surface area contributed by atoms with Gasteiger partial charge < -0.3 is 19.5 Å². The van der Waals surface area contributed by atoms with Gasteiger partial charge >= 0.3 is 11.9 Å². The van der Waals surface area contributed by atoms with E-state index in [1.807, 2.05) is 0 Å². The van der Waals surface area contributed by atoms with Crippen LogP contribution in [0.1, 0.15) is 20.7 Å². The van der Waals surface area contributed by atoms with E-state index >= 15 is 0 Å². The van der Waals surface area contributed by atoms with Gasteiger partial charge in [0, 0.05) is 0 Å². The third kappa shape index (κ3) is 3.48. The van der Waals surface area contributed by atoms with E-state index in [1.165, 1.54) is 30.3 Å². The molecule has 0 saturated carbocycles. The summed E-state index contributed by atoms with van der Waals surface area (Å²) in [4.78, 5) is 22.2. The molecule has 7 nitrogen and oxygen atoms in total. The molecule has 0 bridgehead atoms. The Balaban J connectivity index is 2.30. The van der Waals surface area contributed by atoms with Gasteiger partial charge in [-0.25, -0.2) is 13.8 Å². The van der Waals surface area contributed by atoms with Crippen LogP contribution in [0.3, 0.4) is 0 Å². The highest BCUT2D eigenvalue weighted by atomic mass is 32.2. The van der Waals surface area contributed by atoms with Crippen LogP contribution >= 0.6 is 0 Å². The SMILES string of the molecule is O=C(O)c1ccc(Oc2ccc(S(=O)O)cc2)cc1C(=O)O. The molecule has 0 aliphatic carbocycles. The second kappa shape index (κ2) is 6.37. The quantitative estimate of drug-likeness (QED) is 0.723. The van der Waals surface area contributed by atoms with Gasteiger partial charge in [-0.15, -0.1) is 0 Å². The van der Waals surface area contributed by atoms with Gasteiger partial charge in [0.1, 0.15) is 11.5 Å². The van der Waals surface area contributed by atoms with Crippen molar-refractivity contribution >= 4 is 23.0 Å². The standard InChI is InChI=1S/C14H10O7S/c15-13(16)11-6-3-9(7-12(11)14(17)18)21-8-1-4-10(5-2-8)22(19)20/h1-7H,(H,15,16)(H,17,18)(H,19,20). The van der Waals surface area contributed by atoms with E-state index < -0.39 is 28.6 Å². The normalized spacial score (nSPS) is 11.7. The van der Waals surface area contributed by atoms with Crippen molar-refractivity contribution in [1.29, 1.82) is 0 Å². The number of rotatable bonds is 5. The molecule has 2 aromatic carbocycles. The van der Waals surface area contributed by atoms with Crippen LogP contribution < -0.4 is 4.74 Å². The lowest BCUT2D eigenvalue weighted by molar-refractivity contribution is 0.0651. The molecule has 114 valence electrons. The van der Waals surface area contributed by atoms with Crippen LogP contribution in [0.5, 0.6) is 11.5 Å². The van der Waals surface area contributed by atoms with Crippen molar-refractivity contribution < 1.29 is 33.3 Å². The van der Waals surface area contributed by atoms with Crippen LogP contribution in [0.25, 0.3) is 0 Å². The number of benzene rings is 2. The molecule has 0 aliphatic rings. The Labute approximate surface area is 127 Å². The first-order valence-corrected chi connectivity index (χ1v) is 6.98. The van der Waals surface area contributed by atoms with Gasteiger partial charge in [-0.05, 0) is 42.5 Å². The lowest BCUT2D eigenvalue weighted by atomic mass is 10.1. The first-order chi connectivity index (χ1) is 10.4. The summed E-state index contributed by atoms with van der Waals surface area (Å²) in [6, 6.07) is 9.21. The summed E-state index contributed by atoms with van der Waals surface area (Å²) in [6.45, 7) is 0. The maximum Gasteiger partial charge on any atom is 0.336 e. The zero-order chi connectivity index (χ0) is 16.3. The molecule has 0 amide bonds. The zero-order valence-electron chi connectivity index (χ0n) is 10.9. The molecule has 0 spiro atoms. The molecule has 8 heteroatoms. The third-order valence-corrected chi connectivity index (χ3v) is 3.39. The second-order valence-electron chi connectivity index (χ2n) is 4.14. The lowest BCUT2D eigenvalue weighted by Crippen LogP contribution is -2.07. The number of aromatic carboxylic acids is 2. The topological polar surface area (TPSA) is 121 Å². The molecule has 2 aromatic rings. The summed E-state index contributed by atoms with van der Waals surface area (Å²) in [5.41, 5.74) is -0.732. The zero-order valence-corrected chi connectivity index (χ0v) is 11.7. The van der Waals surface area contributed by atoms with Gasteiger partial charge in [-0.2, -0.15) is 0 Å². The fraction of sp³-hybridized carbons (Fsp3) is 0. The number of hydrogen-bond donors (Lipinski definition) is 3. The van der Waals surface area contributed by atoms with Crippen LogP contribution in [0.15, 0.2) is 47.4 Å². The van der Waals surface area contributed by atoms with E-state index in [-0.39, 0.29) is 16.2 Å². The molecule has 22 heavy (non-hydrogen) atoms. The molecular weight excluding hydrogens is 312 g/mol. The Morgan fingerprint density at radius 1 is 0.864 bits per heavy atom. The van der Waals surface area contributed by atoms with Crippen LogP contribution in [0, 0.1) is 0 Å². The summed E-state index contributed by atoms with van der Waals surface area (Å²) in [5.74, 6) is -2.28. The Kier molecular flexibility index (Phi) is 4.54. The van der Waals surface area contributed by atoms with Gasteiger partial charge in [-0.3, -0.25) is 0 Å². The summed E-state index contributed by atoms with van der Waals surface area (Å²) in [6.07, 6.45) is 0. The molecule has 1 unspecified atom stereocenters. The summed E-state index contributed by atoms with van der Waals surface area (Å²) < 4.78 is 25.1. The maximum absolute atomic E-state index is 11.1. The molecular formula is C14H10O7S. The molecule has 1 atom stereocenters. The van der Waals surface area contributed by atoms with Crippen LogP contribution in [-0.2, 0) is 11.1 Å². The monoisotopic (exact) mass is 322 g/mol. The summed E-state index contributed by atoms with van der Waals surface area (Å²) >= 11 is -2.10. The summed E-state index contributed by atoms with van der Waals surface area (Å²) in [5, 5.41) is 17.9. The van der Waals surface area contributed by atoms with E-state index in [0.29, 0.717) is 5.75 Å². The highest BCUT2D eigenvalue weighted by Gasteiger charge is 2.17. The second-order valence-corrected chi connectivity index (χ2v) is 5.11. The Morgan fingerprint density at radius 2 is 1.41 bits per heavy atom. The number of carboxylic acids is 2. The van der Waals surface area contributed by atoms with Gasteiger partial charge in [0.15, 0.2) is 11.1 Å². The van der Waals surface area contributed by atoms with Crippen LogP contribution in [0.4, 0.5) is 0 Å². The smallest absolute Gasteiger partial charge is 0.336 e. The van der Waals surface area contributed by atoms with Crippen molar-refractivity contribution in [3.8, 4) is 11.5 Å². The van der Waals surface area contributed by atoms with Crippen molar-refractivity contribution in [3.05, 3.63) is 53.6 Å². The van der Waals surface area contributed by atoms with Crippen molar-refractivity contribution in [1.82, 2.24) is 0 Å². The number of carboxylic acid groups (broad SMARTS) is 2. The van der Waals surface area contributed by atoms with Crippen molar-refractivity contribution in [2.24, 2.45) is 0 Å². The highest BCUT2D eigenvalue weighted by Crippen LogP contribution is 2.25. The third-order valence-electron chi connectivity index (χ3n) is 2.71. The maximum atomic E-state index is 11.1. The molecule has 3 N–H and O–H groups in total. The minimum absolute atomic E-state index is 0.139. The van der Waals surface area contributed by atoms with Crippen molar-refractivity contribution in [3.63, 3.8) is 0 Å². The average molecular weight is 322 g/mol. The first kappa shape index (κ1) is 15.7. The van der Waals surface area contributed by atoms with Crippen LogP contribution in [-0.4, -0.2) is 30.9 Å². The molecule has 0 aromatic heterocycles. The van der Waals surface area contributed by atoms with Crippen molar-refractivity contribution in [2.75, 3.05) is 0 Å². The molecule has 0 heterocycles. The molecule has 0 fully saturated rings. The lowest BCUT2D eigenvalue weighted by Gasteiger charge is -2.08. The fourth-order valence-corrected chi connectivity index (χ4v) is 2.08. The minimum atomic E-state index is -2.10. The number of carbonyl (C=O) groups is 2. The Bertz CT molecular complexity index is 752. The van der Waals surface area contributed by atoms with E-state index in [2.05, 4.69) is 0 Å². The van der Waals surface area contributed by atoms with E-state index in [0.717, 1.165) is 12.1 Å². The predicted octanol–water partition coefficient (Wildman–Crippen LogP) is 2.46. The molecule has 0 aliphatic heterocycles. The van der Waals surface area contributed by atoms with Crippen LogP contribution in [0.2, 0.25) is 0 Å². The first-order valence-electron chi connectivity index (χ1n) is 5.88. The highest BCUT2D eigenvalue weighted by molar-refractivity contribution is 7.79. The Hall–Kier alpha value is -2.71. The van der Waals surface area contributed by atoms with E-state index in [1.54, 1.807) is 0 Å². The minimum Gasteiger partial charge on any atom is -0.478 e. The van der Waals surface area contributed by atoms with Gasteiger partial charge in [-0.1, -0.05) is 0 Å². The Morgan fingerprint density at radius 3 is 1.91 bits per heavy atom. The largest absolute Gasteiger partial charge is 0.478 e. The van der Waals surface area contributed by atoms with Gasteiger partial charge in [0.25, 0.3) is 0 Å². The van der Waals surface area contributed by atoms with E-state index in [9.17, 15) is 13.8 Å². The van der Waals surface area contributed by atoms with Crippen molar-refractivity contribution in [2.45, 2.75) is 4.90 Å². The molecule has 0 saturated heterocycles. The summed E-state index contributed by atoms with van der Waals surface area (Å²) in [7, 11) is 0. The average Bonchev–Trinajstić information content (AvgIpc) is 2.47. The van der Waals surface area contributed by atoms with E-state index in [4.69, 9.17) is 19.5 Å². The molecule has 2 rings (SSSR count). The fourth-order valence-electron chi connectivity index (χ4n) is 1.71. The molecule has 0 radical (unpaired) electrons.